The molecule has 0 saturated carbocycles. The Morgan fingerprint density at radius 3 is 2.69 bits per heavy atom. The fourth-order valence-corrected chi connectivity index (χ4v) is 1.12. The molecule has 0 atom stereocenters. The maximum absolute atomic E-state index is 11.3. The second-order valence-electron chi connectivity index (χ2n) is 3.81. The van der Waals surface area contributed by atoms with Crippen LogP contribution in [0.3, 0.4) is 0 Å². The molecule has 0 aromatic carbocycles. The Bertz CT molecular complexity index is 384. The number of hydrogen-bond donors (Lipinski definition) is 3. The Morgan fingerprint density at radius 2 is 2.19 bits per heavy atom. The Morgan fingerprint density at radius 1 is 1.50 bits per heavy atom. The number of carboxylic acids is 1. The summed E-state index contributed by atoms with van der Waals surface area (Å²) in [6.45, 7) is 4.01. The van der Waals surface area contributed by atoms with Crippen LogP contribution in [0, 0.1) is 0 Å². The van der Waals surface area contributed by atoms with Gasteiger partial charge in [-0.3, -0.25) is 14.7 Å². The molecular weight excluding hydrogens is 210 g/mol. The minimum atomic E-state index is -0.986. The number of carboxylic acid groups (broad SMARTS) is 1. The molecule has 1 aromatic rings. The maximum atomic E-state index is 11.3. The molecule has 88 valence electrons. The number of aromatic nitrogens is 2. The first kappa shape index (κ1) is 12.2. The fourth-order valence-electron chi connectivity index (χ4n) is 1.12. The van der Waals surface area contributed by atoms with Crippen LogP contribution in [0.4, 0.5) is 5.82 Å². The van der Waals surface area contributed by atoms with Crippen LogP contribution in [0.15, 0.2) is 6.07 Å². The van der Waals surface area contributed by atoms with Gasteiger partial charge in [-0.05, 0) is 5.92 Å². The van der Waals surface area contributed by atoms with E-state index in [0.29, 0.717) is 11.7 Å². The molecule has 0 bridgehead atoms. The quantitative estimate of drug-likeness (QED) is 0.704. The van der Waals surface area contributed by atoms with Crippen molar-refractivity contribution in [3.63, 3.8) is 0 Å². The Kier molecular flexibility index (Phi) is 4.04. The van der Waals surface area contributed by atoms with Crippen molar-refractivity contribution in [3.8, 4) is 0 Å². The second kappa shape index (κ2) is 5.29. The lowest BCUT2D eigenvalue weighted by molar-refractivity contribution is -0.138. The lowest BCUT2D eigenvalue weighted by Gasteiger charge is -1.99. The van der Waals surface area contributed by atoms with Gasteiger partial charge in [0.25, 0.3) is 0 Å². The third-order valence-corrected chi connectivity index (χ3v) is 2.05. The van der Waals surface area contributed by atoms with Crippen molar-refractivity contribution in [2.45, 2.75) is 32.6 Å². The van der Waals surface area contributed by atoms with Crippen LogP contribution in [0.25, 0.3) is 0 Å². The molecule has 0 radical (unpaired) electrons. The molecule has 3 N–H and O–H groups in total. The zero-order valence-electron chi connectivity index (χ0n) is 9.28. The van der Waals surface area contributed by atoms with Gasteiger partial charge in [-0.15, -0.1) is 0 Å². The van der Waals surface area contributed by atoms with Gasteiger partial charge in [0.05, 0.1) is 6.42 Å². The van der Waals surface area contributed by atoms with E-state index < -0.39 is 5.97 Å². The number of H-pyrrole nitrogens is 1. The Labute approximate surface area is 93.1 Å². The molecule has 6 nitrogen and oxygen atoms in total. The number of carbonyl (C=O) groups excluding carboxylic acids is 1. The van der Waals surface area contributed by atoms with Crippen LogP contribution in [0.2, 0.25) is 0 Å². The summed E-state index contributed by atoms with van der Waals surface area (Å²) in [6.07, 6.45) is -0.216. The van der Waals surface area contributed by atoms with Crippen LogP contribution in [-0.2, 0) is 9.59 Å². The van der Waals surface area contributed by atoms with Crippen LogP contribution in [0.5, 0.6) is 0 Å². The molecule has 0 saturated heterocycles. The number of aliphatic carboxylic acids is 1. The Balaban J connectivity index is 2.46. The van der Waals surface area contributed by atoms with Gasteiger partial charge in [0, 0.05) is 18.2 Å². The summed E-state index contributed by atoms with van der Waals surface area (Å²) in [5, 5.41) is 17.6. The summed E-state index contributed by atoms with van der Waals surface area (Å²) in [5.41, 5.74) is 0.925. The molecule has 16 heavy (non-hydrogen) atoms. The molecule has 1 aromatic heterocycles. The first-order valence-corrected chi connectivity index (χ1v) is 5.06. The van der Waals surface area contributed by atoms with Crippen molar-refractivity contribution >= 4 is 17.7 Å². The maximum Gasteiger partial charge on any atom is 0.303 e. The average molecular weight is 225 g/mol. The van der Waals surface area contributed by atoms with Gasteiger partial charge >= 0.3 is 5.97 Å². The minimum absolute atomic E-state index is 0.0425. The monoisotopic (exact) mass is 225 g/mol. The van der Waals surface area contributed by atoms with Crippen LogP contribution in [-0.4, -0.2) is 27.2 Å². The van der Waals surface area contributed by atoms with E-state index in [1.54, 1.807) is 6.07 Å². The molecule has 0 aliphatic heterocycles. The first-order valence-electron chi connectivity index (χ1n) is 5.06. The highest BCUT2D eigenvalue weighted by molar-refractivity contribution is 5.91. The van der Waals surface area contributed by atoms with Gasteiger partial charge in [0.2, 0.25) is 5.91 Å². The van der Waals surface area contributed by atoms with E-state index >= 15 is 0 Å². The summed E-state index contributed by atoms with van der Waals surface area (Å²) in [7, 11) is 0. The van der Waals surface area contributed by atoms with E-state index in [9.17, 15) is 9.59 Å². The van der Waals surface area contributed by atoms with E-state index in [4.69, 9.17) is 5.11 Å². The normalized spacial score (nSPS) is 10.4. The number of amides is 1. The van der Waals surface area contributed by atoms with Crippen molar-refractivity contribution < 1.29 is 14.7 Å². The summed E-state index contributed by atoms with van der Waals surface area (Å²) >= 11 is 0. The highest BCUT2D eigenvalue weighted by Gasteiger charge is 2.09. The van der Waals surface area contributed by atoms with Crippen LogP contribution < -0.4 is 5.32 Å². The van der Waals surface area contributed by atoms with Crippen molar-refractivity contribution in [3.05, 3.63) is 11.8 Å². The zero-order valence-corrected chi connectivity index (χ0v) is 9.28. The van der Waals surface area contributed by atoms with E-state index in [0.717, 1.165) is 5.69 Å². The Hall–Kier alpha value is -1.85. The molecule has 0 fully saturated rings. The summed E-state index contributed by atoms with van der Waals surface area (Å²) < 4.78 is 0. The number of aromatic amines is 1. The lowest BCUT2D eigenvalue weighted by Crippen LogP contribution is -2.13. The van der Waals surface area contributed by atoms with Gasteiger partial charge in [-0.1, -0.05) is 13.8 Å². The van der Waals surface area contributed by atoms with E-state index in [-0.39, 0.29) is 18.7 Å². The molecular formula is C10H15N3O3. The second-order valence-corrected chi connectivity index (χ2v) is 3.81. The molecule has 0 unspecified atom stereocenters. The smallest absolute Gasteiger partial charge is 0.303 e. The summed E-state index contributed by atoms with van der Waals surface area (Å²) in [4.78, 5) is 21.5. The summed E-state index contributed by atoms with van der Waals surface area (Å²) in [5.74, 6) is -0.597. The SMILES string of the molecule is CC(C)c1cc(NC(=O)CCC(=O)O)n[nH]1. The molecule has 1 amide bonds. The average Bonchev–Trinajstić information content (AvgIpc) is 2.63. The standard InChI is InChI=1S/C10H15N3O3/c1-6(2)7-5-8(13-12-7)11-9(14)3-4-10(15)16/h5-6H,3-4H2,1-2H3,(H,15,16)(H2,11,12,13,14). The topological polar surface area (TPSA) is 95.1 Å². The van der Waals surface area contributed by atoms with Crippen molar-refractivity contribution in [2.75, 3.05) is 5.32 Å². The minimum Gasteiger partial charge on any atom is -0.481 e. The zero-order chi connectivity index (χ0) is 12.1. The molecule has 6 heteroatoms. The number of anilines is 1. The van der Waals surface area contributed by atoms with E-state index in [1.807, 2.05) is 13.8 Å². The number of nitrogens with zero attached hydrogens (tertiary/aromatic N) is 1. The molecule has 1 heterocycles. The van der Waals surface area contributed by atoms with Gasteiger partial charge in [-0.2, -0.15) is 5.10 Å². The highest BCUT2D eigenvalue weighted by atomic mass is 16.4. The lowest BCUT2D eigenvalue weighted by atomic mass is 10.1. The van der Waals surface area contributed by atoms with Gasteiger partial charge < -0.3 is 10.4 Å². The van der Waals surface area contributed by atoms with Gasteiger partial charge in [0.1, 0.15) is 0 Å². The predicted molar refractivity (Wildman–Crippen MR) is 58.2 cm³/mol. The van der Waals surface area contributed by atoms with Crippen LogP contribution >= 0.6 is 0 Å². The van der Waals surface area contributed by atoms with Crippen molar-refractivity contribution in [1.29, 1.82) is 0 Å². The molecule has 0 aliphatic carbocycles. The number of rotatable bonds is 5. The van der Waals surface area contributed by atoms with Crippen molar-refractivity contribution in [1.82, 2.24) is 10.2 Å². The van der Waals surface area contributed by atoms with Gasteiger partial charge in [0.15, 0.2) is 5.82 Å². The predicted octanol–water partition coefficient (Wildman–Crippen LogP) is 1.34. The highest BCUT2D eigenvalue weighted by Crippen LogP contribution is 2.14. The van der Waals surface area contributed by atoms with E-state index in [1.165, 1.54) is 0 Å². The number of carbonyl (C=O) groups is 2. The third kappa shape index (κ3) is 3.72. The van der Waals surface area contributed by atoms with Crippen molar-refractivity contribution in [2.24, 2.45) is 0 Å². The number of nitrogens with one attached hydrogen (secondary N) is 2. The third-order valence-electron chi connectivity index (χ3n) is 2.05. The molecule has 1 rings (SSSR count). The molecule has 0 aliphatic rings. The largest absolute Gasteiger partial charge is 0.481 e. The van der Waals surface area contributed by atoms with Gasteiger partial charge in [-0.25, -0.2) is 0 Å². The first-order chi connectivity index (χ1) is 7.49. The van der Waals surface area contributed by atoms with Crippen LogP contribution in [0.1, 0.15) is 38.3 Å². The fraction of sp³-hybridized carbons (Fsp3) is 0.500. The summed E-state index contributed by atoms with van der Waals surface area (Å²) in [6, 6.07) is 1.74. The molecule has 0 spiro atoms. The number of hydrogen-bond acceptors (Lipinski definition) is 3. The van der Waals surface area contributed by atoms with E-state index in [2.05, 4.69) is 15.5 Å².